The lowest BCUT2D eigenvalue weighted by atomic mass is 10.00. The highest BCUT2D eigenvalue weighted by Gasteiger charge is 2.20. The second kappa shape index (κ2) is 7.19. The third kappa shape index (κ3) is 3.90. The fourth-order valence-electron chi connectivity index (χ4n) is 2.32. The van der Waals surface area contributed by atoms with Crippen LogP contribution in [0.25, 0.3) is 0 Å². The van der Waals surface area contributed by atoms with Gasteiger partial charge in [0.15, 0.2) is 5.69 Å². The van der Waals surface area contributed by atoms with E-state index >= 15 is 0 Å². The van der Waals surface area contributed by atoms with Gasteiger partial charge in [-0.25, -0.2) is 0 Å². The second-order valence-corrected chi connectivity index (χ2v) is 5.08. The van der Waals surface area contributed by atoms with Gasteiger partial charge in [0.1, 0.15) is 5.82 Å². The number of carbonyl (C=O) groups is 1. The molecule has 6 heteroatoms. The molecule has 1 N–H and O–H groups in total. The molecule has 0 aliphatic carbocycles. The van der Waals surface area contributed by atoms with Crippen molar-refractivity contribution in [1.29, 1.82) is 0 Å². The Bertz CT molecular complexity index is 429. The molecule has 0 radical (unpaired) electrons. The smallest absolute Gasteiger partial charge is 0.274 e. The van der Waals surface area contributed by atoms with Crippen molar-refractivity contribution in [2.75, 3.05) is 38.7 Å². The Kier molecular flexibility index (Phi) is 5.29. The largest absolute Gasteiger partial charge is 0.381 e. The fourth-order valence-corrected chi connectivity index (χ4v) is 2.32. The Morgan fingerprint density at radius 2 is 2.15 bits per heavy atom. The molecule has 6 nitrogen and oxygen atoms in total. The zero-order valence-electron chi connectivity index (χ0n) is 12.1. The number of ether oxygens (including phenoxy) is 1. The van der Waals surface area contributed by atoms with Gasteiger partial charge in [0.25, 0.3) is 5.91 Å². The van der Waals surface area contributed by atoms with E-state index in [4.69, 9.17) is 4.74 Å². The molecule has 1 aromatic heterocycles. The summed E-state index contributed by atoms with van der Waals surface area (Å²) in [5.41, 5.74) is 0.390. The van der Waals surface area contributed by atoms with Crippen LogP contribution in [0.3, 0.4) is 0 Å². The third-order valence-corrected chi connectivity index (χ3v) is 3.46. The molecule has 1 saturated heterocycles. The van der Waals surface area contributed by atoms with Crippen LogP contribution in [0.4, 0.5) is 5.82 Å². The summed E-state index contributed by atoms with van der Waals surface area (Å²) in [4.78, 5) is 14.0. The maximum Gasteiger partial charge on any atom is 0.274 e. The molecule has 0 atom stereocenters. The molecule has 1 fully saturated rings. The van der Waals surface area contributed by atoms with Crippen LogP contribution in [0.15, 0.2) is 12.1 Å². The predicted octanol–water partition coefficient (Wildman–Crippen LogP) is 1.41. The summed E-state index contributed by atoms with van der Waals surface area (Å²) in [5.74, 6) is 1.13. The van der Waals surface area contributed by atoms with Crippen LogP contribution < -0.4 is 5.32 Å². The first-order valence-electron chi connectivity index (χ1n) is 7.11. The van der Waals surface area contributed by atoms with E-state index in [0.29, 0.717) is 17.4 Å². The quantitative estimate of drug-likeness (QED) is 0.882. The zero-order valence-corrected chi connectivity index (χ0v) is 12.1. The van der Waals surface area contributed by atoms with E-state index in [1.54, 1.807) is 17.0 Å². The highest BCUT2D eigenvalue weighted by molar-refractivity contribution is 5.92. The van der Waals surface area contributed by atoms with Crippen LogP contribution in [0.2, 0.25) is 0 Å². The van der Waals surface area contributed by atoms with Crippen molar-refractivity contribution in [3.8, 4) is 0 Å². The lowest BCUT2D eigenvalue weighted by Gasteiger charge is -2.26. The number of carbonyl (C=O) groups excluding carboxylic acids is 1. The lowest BCUT2D eigenvalue weighted by Crippen LogP contribution is -2.34. The second-order valence-electron chi connectivity index (χ2n) is 5.08. The van der Waals surface area contributed by atoms with Crippen molar-refractivity contribution < 1.29 is 9.53 Å². The van der Waals surface area contributed by atoms with Gasteiger partial charge in [0.2, 0.25) is 0 Å². The molecule has 1 aliphatic heterocycles. The maximum absolute atomic E-state index is 12.3. The minimum atomic E-state index is -0.0768. The van der Waals surface area contributed by atoms with E-state index in [9.17, 15) is 4.79 Å². The molecule has 20 heavy (non-hydrogen) atoms. The number of nitrogens with one attached hydrogen (secondary N) is 1. The monoisotopic (exact) mass is 278 g/mol. The van der Waals surface area contributed by atoms with Gasteiger partial charge in [-0.15, -0.1) is 10.2 Å². The average Bonchev–Trinajstić information content (AvgIpc) is 2.48. The highest BCUT2D eigenvalue weighted by Crippen LogP contribution is 2.16. The number of anilines is 1. The van der Waals surface area contributed by atoms with Gasteiger partial charge in [-0.1, -0.05) is 0 Å². The summed E-state index contributed by atoms with van der Waals surface area (Å²) < 4.78 is 5.33. The first-order chi connectivity index (χ1) is 9.70. The zero-order chi connectivity index (χ0) is 14.4. The Morgan fingerprint density at radius 1 is 1.40 bits per heavy atom. The first-order valence-corrected chi connectivity index (χ1v) is 7.11. The van der Waals surface area contributed by atoms with Crippen LogP contribution in [0.1, 0.15) is 30.3 Å². The van der Waals surface area contributed by atoms with Crippen molar-refractivity contribution in [2.45, 2.75) is 19.8 Å². The number of hydrogen-bond acceptors (Lipinski definition) is 5. The molecule has 110 valence electrons. The molecule has 0 bridgehead atoms. The highest BCUT2D eigenvalue weighted by atomic mass is 16.5. The van der Waals surface area contributed by atoms with E-state index in [1.165, 1.54) is 0 Å². The van der Waals surface area contributed by atoms with Crippen LogP contribution in [-0.2, 0) is 4.74 Å². The molecular weight excluding hydrogens is 256 g/mol. The molecule has 2 heterocycles. The number of nitrogens with zero attached hydrogens (tertiary/aromatic N) is 3. The van der Waals surface area contributed by atoms with Crippen molar-refractivity contribution in [2.24, 2.45) is 5.92 Å². The third-order valence-electron chi connectivity index (χ3n) is 3.46. The van der Waals surface area contributed by atoms with Gasteiger partial charge in [-0.2, -0.15) is 0 Å². The van der Waals surface area contributed by atoms with Crippen molar-refractivity contribution >= 4 is 11.7 Å². The minimum Gasteiger partial charge on any atom is -0.381 e. The summed E-state index contributed by atoms with van der Waals surface area (Å²) in [7, 11) is 1.82. The van der Waals surface area contributed by atoms with Gasteiger partial charge in [-0.3, -0.25) is 4.79 Å². The number of rotatable bonds is 5. The first kappa shape index (κ1) is 14.7. The Labute approximate surface area is 119 Å². The number of aromatic nitrogens is 2. The Hall–Kier alpha value is -1.69. The number of amides is 1. The SMILES string of the molecule is CCNc1ccc(C(=O)N(C)CC2CCOCC2)nn1. The molecule has 1 aromatic rings. The number of hydrogen-bond donors (Lipinski definition) is 1. The van der Waals surface area contributed by atoms with Gasteiger partial charge in [0, 0.05) is 33.4 Å². The normalized spacial score (nSPS) is 15.9. The maximum atomic E-state index is 12.3. The molecule has 1 amide bonds. The Morgan fingerprint density at radius 3 is 2.75 bits per heavy atom. The van der Waals surface area contributed by atoms with Gasteiger partial charge in [-0.05, 0) is 37.8 Å². The van der Waals surface area contributed by atoms with Gasteiger partial charge in [0.05, 0.1) is 0 Å². The Balaban J connectivity index is 1.91. The minimum absolute atomic E-state index is 0.0768. The standard InChI is InChI=1S/C14H22N4O2/c1-3-15-13-5-4-12(16-17-13)14(19)18(2)10-11-6-8-20-9-7-11/h4-5,11H,3,6-10H2,1-2H3,(H,15,17). The molecular formula is C14H22N4O2. The van der Waals surface area contributed by atoms with E-state index in [1.807, 2.05) is 14.0 Å². The molecule has 2 rings (SSSR count). The van der Waals surface area contributed by atoms with Crippen molar-refractivity contribution in [3.63, 3.8) is 0 Å². The van der Waals surface area contributed by atoms with Crippen LogP contribution in [0, 0.1) is 5.92 Å². The van der Waals surface area contributed by atoms with E-state index in [2.05, 4.69) is 15.5 Å². The summed E-state index contributed by atoms with van der Waals surface area (Å²) in [5, 5.41) is 11.0. The predicted molar refractivity (Wildman–Crippen MR) is 76.7 cm³/mol. The van der Waals surface area contributed by atoms with Crippen LogP contribution >= 0.6 is 0 Å². The van der Waals surface area contributed by atoms with Crippen LogP contribution in [0.5, 0.6) is 0 Å². The van der Waals surface area contributed by atoms with Gasteiger partial charge >= 0.3 is 0 Å². The van der Waals surface area contributed by atoms with Gasteiger partial charge < -0.3 is 15.0 Å². The molecule has 0 saturated carbocycles. The van der Waals surface area contributed by atoms with Crippen molar-refractivity contribution in [1.82, 2.24) is 15.1 Å². The fraction of sp³-hybridized carbons (Fsp3) is 0.643. The summed E-state index contributed by atoms with van der Waals surface area (Å²) in [6, 6.07) is 3.50. The van der Waals surface area contributed by atoms with Crippen LogP contribution in [-0.4, -0.2) is 54.4 Å². The lowest BCUT2D eigenvalue weighted by molar-refractivity contribution is 0.0494. The average molecular weight is 278 g/mol. The van der Waals surface area contributed by atoms with E-state index in [-0.39, 0.29) is 5.91 Å². The molecule has 0 spiro atoms. The molecule has 1 aliphatic rings. The van der Waals surface area contributed by atoms with Crippen molar-refractivity contribution in [3.05, 3.63) is 17.8 Å². The topological polar surface area (TPSA) is 67.4 Å². The summed E-state index contributed by atoms with van der Waals surface area (Å²) in [6.07, 6.45) is 2.03. The molecule has 0 unspecified atom stereocenters. The molecule has 0 aromatic carbocycles. The summed E-state index contributed by atoms with van der Waals surface area (Å²) in [6.45, 7) is 5.11. The van der Waals surface area contributed by atoms with E-state index in [0.717, 1.165) is 39.1 Å². The van der Waals surface area contributed by atoms with E-state index < -0.39 is 0 Å². The summed E-state index contributed by atoms with van der Waals surface area (Å²) >= 11 is 0.